The molecule has 1 heterocycles. The van der Waals surface area contributed by atoms with Gasteiger partial charge in [0.25, 0.3) is 0 Å². The molecule has 0 atom stereocenters. The van der Waals surface area contributed by atoms with E-state index in [9.17, 15) is 17.6 Å². The van der Waals surface area contributed by atoms with E-state index in [1.165, 1.54) is 7.05 Å². The maximum atomic E-state index is 13.7. The number of benzene rings is 1. The molecule has 1 aliphatic rings. The summed E-state index contributed by atoms with van der Waals surface area (Å²) in [6.45, 7) is 2.02. The highest BCUT2D eigenvalue weighted by Crippen LogP contribution is 2.30. The first-order chi connectivity index (χ1) is 10.7. The summed E-state index contributed by atoms with van der Waals surface area (Å²) < 4.78 is 39.5. The molecule has 0 aromatic heterocycles. The van der Waals surface area contributed by atoms with E-state index in [-0.39, 0.29) is 17.5 Å². The number of likely N-dealkylation sites (N-methyl/N-ethyl adjacent to an activating group) is 1. The van der Waals surface area contributed by atoms with Crippen molar-refractivity contribution in [3.8, 4) is 0 Å². The van der Waals surface area contributed by atoms with Crippen molar-refractivity contribution in [2.24, 2.45) is 0 Å². The Labute approximate surface area is 144 Å². The first-order valence-corrected chi connectivity index (χ1v) is 9.03. The Morgan fingerprint density at radius 2 is 1.96 bits per heavy atom. The monoisotopic (exact) mass is 383 g/mol. The molecular weight excluding hydrogens is 368 g/mol. The molecule has 128 valence electrons. The van der Waals surface area contributed by atoms with Crippen LogP contribution in [0.3, 0.4) is 0 Å². The summed E-state index contributed by atoms with van der Waals surface area (Å²) >= 11 is 11.3. The number of hydrogen-bond acceptors (Lipinski definition) is 4. The molecule has 0 unspecified atom stereocenters. The third kappa shape index (κ3) is 3.95. The third-order valence-electron chi connectivity index (χ3n) is 3.52. The number of halogens is 3. The fraction of sp³-hybridized carbons (Fsp3) is 0.462. The van der Waals surface area contributed by atoms with Crippen LogP contribution in [0.25, 0.3) is 0 Å². The molecule has 1 aromatic rings. The zero-order valence-corrected chi connectivity index (χ0v) is 14.7. The van der Waals surface area contributed by atoms with Crippen molar-refractivity contribution in [1.29, 1.82) is 0 Å². The van der Waals surface area contributed by atoms with Crippen LogP contribution in [0.2, 0.25) is 10.0 Å². The van der Waals surface area contributed by atoms with Crippen LogP contribution in [-0.2, 0) is 14.8 Å². The van der Waals surface area contributed by atoms with Gasteiger partial charge in [0.15, 0.2) is 5.82 Å². The van der Waals surface area contributed by atoms with E-state index in [0.29, 0.717) is 26.2 Å². The van der Waals surface area contributed by atoms with E-state index in [4.69, 9.17) is 23.2 Å². The summed E-state index contributed by atoms with van der Waals surface area (Å²) in [5.74, 6) is -1.32. The SMILES string of the molecule is CN(CC(=O)N1CCNCC1)S(=O)(=O)c1ccc(Cl)c(F)c1Cl. The van der Waals surface area contributed by atoms with Crippen molar-refractivity contribution in [3.05, 3.63) is 28.0 Å². The second-order valence-electron chi connectivity index (χ2n) is 5.07. The highest BCUT2D eigenvalue weighted by molar-refractivity contribution is 7.89. The Balaban J connectivity index is 2.19. The van der Waals surface area contributed by atoms with Gasteiger partial charge in [-0.1, -0.05) is 23.2 Å². The smallest absolute Gasteiger partial charge is 0.244 e. The fourth-order valence-electron chi connectivity index (χ4n) is 2.16. The van der Waals surface area contributed by atoms with Gasteiger partial charge in [-0.15, -0.1) is 0 Å². The lowest BCUT2D eigenvalue weighted by molar-refractivity contribution is -0.131. The molecule has 0 spiro atoms. The zero-order valence-electron chi connectivity index (χ0n) is 12.4. The Morgan fingerprint density at radius 3 is 2.57 bits per heavy atom. The second kappa shape index (κ2) is 7.31. The zero-order chi connectivity index (χ0) is 17.2. The Morgan fingerprint density at radius 1 is 1.35 bits per heavy atom. The molecule has 1 amide bonds. The van der Waals surface area contributed by atoms with Gasteiger partial charge in [0, 0.05) is 33.2 Å². The van der Waals surface area contributed by atoms with E-state index in [1.54, 1.807) is 4.90 Å². The predicted molar refractivity (Wildman–Crippen MR) is 85.7 cm³/mol. The molecule has 1 aromatic carbocycles. The topological polar surface area (TPSA) is 69.7 Å². The quantitative estimate of drug-likeness (QED) is 0.792. The van der Waals surface area contributed by atoms with Crippen LogP contribution in [0.15, 0.2) is 17.0 Å². The van der Waals surface area contributed by atoms with Crippen molar-refractivity contribution in [2.45, 2.75) is 4.90 Å². The van der Waals surface area contributed by atoms with Crippen LogP contribution in [0.5, 0.6) is 0 Å². The first kappa shape index (κ1) is 18.4. The Kier molecular flexibility index (Phi) is 5.85. The van der Waals surface area contributed by atoms with Crippen LogP contribution in [0, 0.1) is 5.82 Å². The largest absolute Gasteiger partial charge is 0.339 e. The molecule has 6 nitrogen and oxygen atoms in total. The van der Waals surface area contributed by atoms with Gasteiger partial charge in [-0.05, 0) is 12.1 Å². The molecule has 23 heavy (non-hydrogen) atoms. The summed E-state index contributed by atoms with van der Waals surface area (Å²) in [4.78, 5) is 13.3. The summed E-state index contributed by atoms with van der Waals surface area (Å²) in [6, 6.07) is 2.23. The van der Waals surface area contributed by atoms with Crippen molar-refractivity contribution in [1.82, 2.24) is 14.5 Å². The molecule has 1 aliphatic heterocycles. The maximum absolute atomic E-state index is 13.7. The van der Waals surface area contributed by atoms with Crippen molar-refractivity contribution in [2.75, 3.05) is 39.8 Å². The number of sulfonamides is 1. The van der Waals surface area contributed by atoms with Gasteiger partial charge in [0.1, 0.15) is 4.90 Å². The number of piperazine rings is 1. The summed E-state index contributed by atoms with van der Waals surface area (Å²) in [5.41, 5.74) is 0. The van der Waals surface area contributed by atoms with Crippen molar-refractivity contribution >= 4 is 39.1 Å². The molecule has 1 N–H and O–H groups in total. The lowest BCUT2D eigenvalue weighted by atomic mass is 10.3. The van der Waals surface area contributed by atoms with E-state index < -0.39 is 25.8 Å². The van der Waals surface area contributed by atoms with Crippen LogP contribution in [0.1, 0.15) is 0 Å². The number of amides is 1. The minimum absolute atomic E-state index is 0.270. The highest BCUT2D eigenvalue weighted by atomic mass is 35.5. The van der Waals surface area contributed by atoms with Crippen molar-refractivity contribution < 1.29 is 17.6 Å². The Bertz CT molecular complexity index is 709. The van der Waals surface area contributed by atoms with E-state index in [2.05, 4.69) is 5.32 Å². The number of rotatable bonds is 4. The van der Waals surface area contributed by atoms with Gasteiger partial charge >= 0.3 is 0 Å². The van der Waals surface area contributed by atoms with Gasteiger partial charge in [-0.2, -0.15) is 4.31 Å². The second-order valence-corrected chi connectivity index (χ2v) is 7.86. The van der Waals surface area contributed by atoms with Crippen LogP contribution >= 0.6 is 23.2 Å². The van der Waals surface area contributed by atoms with Gasteiger partial charge in [-0.3, -0.25) is 4.79 Å². The van der Waals surface area contributed by atoms with Crippen molar-refractivity contribution in [3.63, 3.8) is 0 Å². The molecule has 1 fully saturated rings. The molecule has 10 heteroatoms. The lowest BCUT2D eigenvalue weighted by Gasteiger charge is -2.29. The minimum Gasteiger partial charge on any atom is -0.339 e. The van der Waals surface area contributed by atoms with E-state index >= 15 is 0 Å². The standard InChI is InChI=1S/C13H16Cl2FN3O3S/c1-18(8-11(20)19-6-4-17-5-7-19)23(21,22)10-3-2-9(14)13(16)12(10)15/h2-3,17H,4-8H2,1H3. The Hall–Kier alpha value is -0.930. The first-order valence-electron chi connectivity index (χ1n) is 6.83. The fourth-order valence-corrected chi connectivity index (χ4v) is 4.00. The maximum Gasteiger partial charge on any atom is 0.244 e. The molecule has 0 saturated carbocycles. The van der Waals surface area contributed by atoms with Crippen LogP contribution < -0.4 is 5.32 Å². The summed E-state index contributed by atoms with van der Waals surface area (Å²) in [6.07, 6.45) is 0. The van der Waals surface area contributed by atoms with E-state index in [1.807, 2.05) is 0 Å². The molecule has 0 bridgehead atoms. The van der Waals surface area contributed by atoms with Gasteiger partial charge < -0.3 is 10.2 Å². The average Bonchev–Trinajstić information content (AvgIpc) is 2.53. The van der Waals surface area contributed by atoms with Gasteiger partial charge in [0.2, 0.25) is 15.9 Å². The van der Waals surface area contributed by atoms with Crippen LogP contribution in [0.4, 0.5) is 4.39 Å². The predicted octanol–water partition coefficient (Wildman–Crippen LogP) is 1.18. The normalized spacial score (nSPS) is 16.0. The average molecular weight is 384 g/mol. The molecule has 2 rings (SSSR count). The van der Waals surface area contributed by atoms with E-state index in [0.717, 1.165) is 16.4 Å². The number of nitrogens with one attached hydrogen (secondary N) is 1. The van der Waals surface area contributed by atoms with Gasteiger partial charge in [-0.25, -0.2) is 12.8 Å². The molecular formula is C13H16Cl2FN3O3S. The lowest BCUT2D eigenvalue weighted by Crippen LogP contribution is -2.49. The summed E-state index contributed by atoms with van der Waals surface area (Å²) in [5, 5.41) is 2.25. The third-order valence-corrected chi connectivity index (χ3v) is 6.13. The minimum atomic E-state index is -4.10. The van der Waals surface area contributed by atoms with Gasteiger partial charge in [0.05, 0.1) is 16.6 Å². The highest BCUT2D eigenvalue weighted by Gasteiger charge is 2.29. The number of carbonyl (C=O) groups is 1. The van der Waals surface area contributed by atoms with Crippen LogP contribution in [-0.4, -0.2) is 63.3 Å². The number of nitrogens with zero attached hydrogens (tertiary/aromatic N) is 2. The number of hydrogen-bond donors (Lipinski definition) is 1. The molecule has 1 saturated heterocycles. The number of carbonyl (C=O) groups excluding carboxylic acids is 1. The molecule has 0 aliphatic carbocycles. The summed E-state index contributed by atoms with van der Waals surface area (Å²) in [7, 11) is -2.85. The molecule has 0 radical (unpaired) electrons.